The highest BCUT2D eigenvalue weighted by atomic mass is 16.5. The zero-order valence-electron chi connectivity index (χ0n) is 8.41. The van der Waals surface area contributed by atoms with Crippen LogP contribution in [0.15, 0.2) is 12.3 Å². The second-order valence-corrected chi connectivity index (χ2v) is 3.29. The first-order chi connectivity index (χ1) is 6.83. The van der Waals surface area contributed by atoms with Gasteiger partial charge in [-0.2, -0.15) is 0 Å². The summed E-state index contributed by atoms with van der Waals surface area (Å²) in [5, 5.41) is 2.95. The van der Waals surface area contributed by atoms with Crippen molar-refractivity contribution < 1.29 is 9.47 Å². The van der Waals surface area contributed by atoms with Crippen molar-refractivity contribution in [3.05, 3.63) is 12.3 Å². The van der Waals surface area contributed by atoms with Gasteiger partial charge in [0.1, 0.15) is 5.75 Å². The van der Waals surface area contributed by atoms with Crippen LogP contribution in [-0.2, 0) is 0 Å². The van der Waals surface area contributed by atoms with E-state index in [1.807, 2.05) is 13.1 Å². The summed E-state index contributed by atoms with van der Waals surface area (Å²) < 4.78 is 10.8. The van der Waals surface area contributed by atoms with E-state index in [4.69, 9.17) is 9.47 Å². The number of nitrogens with one attached hydrogen (secondary N) is 1. The third-order valence-electron chi connectivity index (χ3n) is 2.11. The van der Waals surface area contributed by atoms with Gasteiger partial charge >= 0.3 is 0 Å². The fraction of sp³-hybridized carbons (Fsp3) is 0.500. The Morgan fingerprint density at radius 2 is 2.29 bits per heavy atom. The molecule has 76 valence electrons. The van der Waals surface area contributed by atoms with Crippen molar-refractivity contribution in [3.63, 3.8) is 0 Å². The van der Waals surface area contributed by atoms with E-state index in [9.17, 15) is 0 Å². The molecule has 1 N–H and O–H groups in total. The summed E-state index contributed by atoms with van der Waals surface area (Å²) in [5.41, 5.74) is 0. The van der Waals surface area contributed by atoms with Gasteiger partial charge in [0.15, 0.2) is 11.6 Å². The van der Waals surface area contributed by atoms with E-state index in [-0.39, 0.29) is 0 Å². The maximum Gasteiger partial charge on any atom is 0.168 e. The molecule has 1 aliphatic rings. The molecule has 0 amide bonds. The third kappa shape index (κ3) is 1.89. The van der Waals surface area contributed by atoms with E-state index >= 15 is 0 Å². The zero-order chi connectivity index (χ0) is 9.97. The van der Waals surface area contributed by atoms with Crippen LogP contribution in [0.25, 0.3) is 0 Å². The Morgan fingerprint density at radius 3 is 2.86 bits per heavy atom. The van der Waals surface area contributed by atoms with Gasteiger partial charge in [0.2, 0.25) is 0 Å². The second kappa shape index (κ2) is 3.74. The molecular formula is C10H14N2O2. The highest BCUT2D eigenvalue weighted by Crippen LogP contribution is 2.30. The number of hydrogen-bond acceptors (Lipinski definition) is 4. The first-order valence-electron chi connectivity index (χ1n) is 4.72. The summed E-state index contributed by atoms with van der Waals surface area (Å²) in [7, 11) is 3.44. The van der Waals surface area contributed by atoms with Crippen molar-refractivity contribution in [1.29, 1.82) is 0 Å². The lowest BCUT2D eigenvalue weighted by atomic mass is 10.4. The van der Waals surface area contributed by atoms with E-state index in [2.05, 4.69) is 10.3 Å². The molecule has 1 aromatic rings. The quantitative estimate of drug-likeness (QED) is 0.791. The van der Waals surface area contributed by atoms with Crippen molar-refractivity contribution in [2.24, 2.45) is 0 Å². The molecule has 0 saturated heterocycles. The molecule has 0 aromatic carbocycles. The Bertz CT molecular complexity index is 324. The molecule has 0 spiro atoms. The molecule has 1 saturated carbocycles. The Labute approximate surface area is 83.2 Å². The maximum atomic E-state index is 5.60. The molecule has 1 heterocycles. The fourth-order valence-electron chi connectivity index (χ4n) is 1.21. The second-order valence-electron chi connectivity index (χ2n) is 3.29. The van der Waals surface area contributed by atoms with Crippen LogP contribution in [0.5, 0.6) is 11.5 Å². The third-order valence-corrected chi connectivity index (χ3v) is 2.11. The van der Waals surface area contributed by atoms with Gasteiger partial charge in [0.05, 0.1) is 19.4 Å². The molecular weight excluding hydrogens is 180 g/mol. The molecule has 1 aliphatic carbocycles. The molecule has 0 unspecified atom stereocenters. The maximum absolute atomic E-state index is 5.60. The lowest BCUT2D eigenvalue weighted by Gasteiger charge is -2.09. The van der Waals surface area contributed by atoms with Gasteiger partial charge in [-0.15, -0.1) is 0 Å². The molecule has 0 atom stereocenters. The van der Waals surface area contributed by atoms with Crippen LogP contribution >= 0.6 is 0 Å². The zero-order valence-corrected chi connectivity index (χ0v) is 8.41. The minimum atomic E-state index is 0.391. The molecule has 0 bridgehead atoms. The van der Waals surface area contributed by atoms with Gasteiger partial charge in [-0.3, -0.25) is 0 Å². The predicted molar refractivity (Wildman–Crippen MR) is 54.0 cm³/mol. The first kappa shape index (κ1) is 9.12. The lowest BCUT2D eigenvalue weighted by molar-refractivity contribution is 0.299. The molecule has 4 nitrogen and oxygen atoms in total. The van der Waals surface area contributed by atoms with E-state index in [1.54, 1.807) is 13.3 Å². The van der Waals surface area contributed by atoms with E-state index < -0.39 is 0 Å². The van der Waals surface area contributed by atoms with Crippen LogP contribution in [0.4, 0.5) is 5.82 Å². The van der Waals surface area contributed by atoms with Crippen LogP contribution in [0.1, 0.15) is 12.8 Å². The summed E-state index contributed by atoms with van der Waals surface area (Å²) in [4.78, 5) is 4.19. The molecule has 14 heavy (non-hydrogen) atoms. The Kier molecular flexibility index (Phi) is 2.43. The van der Waals surface area contributed by atoms with Gasteiger partial charge in [0, 0.05) is 13.1 Å². The topological polar surface area (TPSA) is 43.4 Å². The fourth-order valence-corrected chi connectivity index (χ4v) is 1.21. The van der Waals surface area contributed by atoms with Gasteiger partial charge in [-0.05, 0) is 12.8 Å². The van der Waals surface area contributed by atoms with Crippen molar-refractivity contribution in [1.82, 2.24) is 4.98 Å². The molecule has 0 radical (unpaired) electrons. The molecule has 0 aliphatic heterocycles. The predicted octanol–water partition coefficient (Wildman–Crippen LogP) is 1.67. The minimum Gasteiger partial charge on any atom is -0.493 e. The van der Waals surface area contributed by atoms with Crippen LogP contribution < -0.4 is 14.8 Å². The largest absolute Gasteiger partial charge is 0.493 e. The molecule has 2 rings (SSSR count). The summed E-state index contributed by atoms with van der Waals surface area (Å²) in [6.07, 6.45) is 4.40. The van der Waals surface area contributed by atoms with E-state index in [0.717, 1.165) is 24.4 Å². The number of pyridine rings is 1. The highest BCUT2D eigenvalue weighted by Gasteiger charge is 2.23. The number of methoxy groups -OCH3 is 1. The Balaban J connectivity index is 2.16. The summed E-state index contributed by atoms with van der Waals surface area (Å²) in [6, 6.07) is 1.86. The number of anilines is 1. The average molecular weight is 194 g/mol. The van der Waals surface area contributed by atoms with Crippen molar-refractivity contribution in [2.75, 3.05) is 19.5 Å². The van der Waals surface area contributed by atoms with Gasteiger partial charge in [-0.1, -0.05) is 0 Å². The van der Waals surface area contributed by atoms with Gasteiger partial charge in [-0.25, -0.2) is 4.98 Å². The SMILES string of the molecule is CNc1ncc(OC2CC2)cc1OC. The average Bonchev–Trinajstić information content (AvgIpc) is 3.01. The number of aromatic nitrogens is 1. The standard InChI is InChI=1S/C10H14N2O2/c1-11-10-9(13-2)5-8(6-12-10)14-7-3-4-7/h5-7H,3-4H2,1-2H3,(H,11,12). The van der Waals surface area contributed by atoms with Crippen LogP contribution in [0, 0.1) is 0 Å². The first-order valence-corrected chi connectivity index (χ1v) is 4.72. The van der Waals surface area contributed by atoms with Gasteiger partial charge < -0.3 is 14.8 Å². The minimum absolute atomic E-state index is 0.391. The van der Waals surface area contributed by atoms with Gasteiger partial charge in [0.25, 0.3) is 0 Å². The monoisotopic (exact) mass is 194 g/mol. The summed E-state index contributed by atoms with van der Waals surface area (Å²) in [5.74, 6) is 2.23. The normalized spacial score (nSPS) is 15.0. The Morgan fingerprint density at radius 1 is 1.50 bits per heavy atom. The summed E-state index contributed by atoms with van der Waals surface area (Å²) >= 11 is 0. The Hall–Kier alpha value is -1.45. The molecule has 1 aromatic heterocycles. The van der Waals surface area contributed by atoms with E-state index in [0.29, 0.717) is 11.9 Å². The lowest BCUT2D eigenvalue weighted by Crippen LogP contribution is -2.00. The number of nitrogens with zero attached hydrogens (tertiary/aromatic N) is 1. The smallest absolute Gasteiger partial charge is 0.168 e. The summed E-state index contributed by atoms with van der Waals surface area (Å²) in [6.45, 7) is 0. The number of ether oxygens (including phenoxy) is 2. The van der Waals surface area contributed by atoms with E-state index in [1.165, 1.54) is 0 Å². The molecule has 4 heteroatoms. The number of hydrogen-bond donors (Lipinski definition) is 1. The van der Waals surface area contributed by atoms with Crippen molar-refractivity contribution >= 4 is 5.82 Å². The highest BCUT2D eigenvalue weighted by molar-refractivity contribution is 5.52. The van der Waals surface area contributed by atoms with Crippen molar-refractivity contribution in [3.8, 4) is 11.5 Å². The van der Waals surface area contributed by atoms with Crippen LogP contribution in [0.3, 0.4) is 0 Å². The van der Waals surface area contributed by atoms with Crippen LogP contribution in [0.2, 0.25) is 0 Å². The van der Waals surface area contributed by atoms with Crippen molar-refractivity contribution in [2.45, 2.75) is 18.9 Å². The van der Waals surface area contributed by atoms with Crippen LogP contribution in [-0.4, -0.2) is 25.2 Å². The number of rotatable bonds is 4. The molecule has 1 fully saturated rings.